The molecule has 1 unspecified atom stereocenters. The maximum absolute atomic E-state index is 13.1. The molecule has 5 nitrogen and oxygen atoms in total. The fourth-order valence-electron chi connectivity index (χ4n) is 1.24. The number of amides is 2. The van der Waals surface area contributed by atoms with Gasteiger partial charge in [0.15, 0.2) is 0 Å². The molecule has 1 aromatic carbocycles. The minimum atomic E-state index is -0.910. The Hall–Kier alpha value is -1.66. The van der Waals surface area contributed by atoms with Gasteiger partial charge in [0.25, 0.3) is 0 Å². The second kappa shape index (κ2) is 7.06. The highest BCUT2D eigenvalue weighted by Gasteiger charge is 2.14. The van der Waals surface area contributed by atoms with Crippen molar-refractivity contribution in [3.05, 3.63) is 29.0 Å². The lowest BCUT2D eigenvalue weighted by molar-refractivity contribution is -0.136. The largest absolute Gasteiger partial charge is 0.393 e. The van der Waals surface area contributed by atoms with Gasteiger partial charge in [-0.3, -0.25) is 9.59 Å². The van der Waals surface area contributed by atoms with Crippen LogP contribution in [-0.4, -0.2) is 29.6 Å². The average Bonchev–Trinajstić information content (AvgIpc) is 2.33. The van der Waals surface area contributed by atoms with Crippen LogP contribution in [0.5, 0.6) is 0 Å². The lowest BCUT2D eigenvalue weighted by Gasteiger charge is -2.07. The number of carbonyl (C=O) groups is 2. The SMILES string of the molecule is CC(O)CCNC(=O)C(=O)Nc1ccc(Cl)c(F)c1. The van der Waals surface area contributed by atoms with E-state index < -0.39 is 23.7 Å². The van der Waals surface area contributed by atoms with Crippen molar-refractivity contribution >= 4 is 29.1 Å². The molecule has 1 atom stereocenters. The average molecular weight is 289 g/mol. The molecule has 0 saturated heterocycles. The Kier molecular flexibility index (Phi) is 5.72. The van der Waals surface area contributed by atoms with E-state index in [4.69, 9.17) is 16.7 Å². The third-order valence-corrected chi connectivity index (χ3v) is 2.54. The minimum absolute atomic E-state index is 0.0700. The molecule has 0 heterocycles. The highest BCUT2D eigenvalue weighted by Crippen LogP contribution is 2.18. The van der Waals surface area contributed by atoms with E-state index in [-0.39, 0.29) is 17.3 Å². The Bertz CT molecular complexity index is 480. The van der Waals surface area contributed by atoms with E-state index in [1.807, 2.05) is 0 Å². The van der Waals surface area contributed by atoms with Crippen LogP contribution in [0.25, 0.3) is 0 Å². The first-order valence-electron chi connectivity index (χ1n) is 5.62. The molecule has 0 bridgehead atoms. The Balaban J connectivity index is 2.49. The molecule has 0 spiro atoms. The zero-order chi connectivity index (χ0) is 14.4. The van der Waals surface area contributed by atoms with Gasteiger partial charge < -0.3 is 15.7 Å². The molecule has 2 amide bonds. The highest BCUT2D eigenvalue weighted by molar-refractivity contribution is 6.39. The zero-order valence-electron chi connectivity index (χ0n) is 10.2. The standard InChI is InChI=1S/C12H14ClFN2O3/c1-7(17)4-5-15-11(18)12(19)16-8-2-3-9(13)10(14)6-8/h2-3,6-7,17H,4-5H2,1H3,(H,15,18)(H,16,19). The van der Waals surface area contributed by atoms with Gasteiger partial charge in [0, 0.05) is 12.2 Å². The van der Waals surface area contributed by atoms with Gasteiger partial charge in [-0.05, 0) is 31.5 Å². The maximum Gasteiger partial charge on any atom is 0.313 e. The van der Waals surface area contributed by atoms with Crippen LogP contribution in [0.4, 0.5) is 10.1 Å². The summed E-state index contributed by atoms with van der Waals surface area (Å²) >= 11 is 5.49. The summed E-state index contributed by atoms with van der Waals surface area (Å²) in [5.74, 6) is -2.45. The van der Waals surface area contributed by atoms with Gasteiger partial charge in [0.1, 0.15) is 5.82 Å². The summed E-state index contributed by atoms with van der Waals surface area (Å²) < 4.78 is 13.1. The predicted molar refractivity (Wildman–Crippen MR) is 69.3 cm³/mol. The molecule has 0 radical (unpaired) electrons. The molecule has 104 valence electrons. The lowest BCUT2D eigenvalue weighted by Crippen LogP contribution is -2.36. The number of nitrogens with one attached hydrogen (secondary N) is 2. The van der Waals surface area contributed by atoms with Crippen LogP contribution >= 0.6 is 11.6 Å². The Labute approximate surface area is 114 Å². The number of rotatable bonds is 4. The van der Waals surface area contributed by atoms with Gasteiger partial charge in [-0.1, -0.05) is 11.6 Å². The quantitative estimate of drug-likeness (QED) is 0.731. The molecule has 1 aromatic rings. The molecule has 0 aromatic heterocycles. The molecule has 0 fully saturated rings. The molecule has 19 heavy (non-hydrogen) atoms. The fraction of sp³-hybridized carbons (Fsp3) is 0.333. The molecule has 0 aliphatic rings. The van der Waals surface area contributed by atoms with Gasteiger partial charge in [0.05, 0.1) is 11.1 Å². The zero-order valence-corrected chi connectivity index (χ0v) is 11.0. The molecule has 7 heteroatoms. The third kappa shape index (κ3) is 5.23. The van der Waals surface area contributed by atoms with Crippen LogP contribution in [0.1, 0.15) is 13.3 Å². The van der Waals surface area contributed by atoms with Crippen molar-refractivity contribution in [1.29, 1.82) is 0 Å². The number of anilines is 1. The van der Waals surface area contributed by atoms with Crippen LogP contribution in [-0.2, 0) is 9.59 Å². The van der Waals surface area contributed by atoms with Gasteiger partial charge in [-0.15, -0.1) is 0 Å². The molecule has 1 rings (SSSR count). The second-order valence-corrected chi connectivity index (χ2v) is 4.38. The van der Waals surface area contributed by atoms with E-state index in [0.717, 1.165) is 6.07 Å². The summed E-state index contributed by atoms with van der Waals surface area (Å²) in [6.07, 6.45) is -0.220. The van der Waals surface area contributed by atoms with E-state index in [1.165, 1.54) is 12.1 Å². The van der Waals surface area contributed by atoms with E-state index >= 15 is 0 Å². The number of aliphatic hydroxyl groups excluding tert-OH is 1. The first-order valence-corrected chi connectivity index (χ1v) is 6.00. The highest BCUT2D eigenvalue weighted by atomic mass is 35.5. The van der Waals surface area contributed by atoms with Crippen molar-refractivity contribution in [1.82, 2.24) is 5.32 Å². The van der Waals surface area contributed by atoms with Crippen molar-refractivity contribution < 1.29 is 19.1 Å². The molecular formula is C12H14ClFN2O3. The number of hydrogen-bond acceptors (Lipinski definition) is 3. The molecule has 0 aliphatic carbocycles. The normalized spacial score (nSPS) is 11.8. The van der Waals surface area contributed by atoms with Crippen molar-refractivity contribution in [2.75, 3.05) is 11.9 Å². The Morgan fingerprint density at radius 3 is 2.68 bits per heavy atom. The van der Waals surface area contributed by atoms with Gasteiger partial charge >= 0.3 is 11.8 Å². The Morgan fingerprint density at radius 2 is 2.11 bits per heavy atom. The lowest BCUT2D eigenvalue weighted by atomic mass is 10.3. The van der Waals surface area contributed by atoms with Crippen LogP contribution in [0.2, 0.25) is 5.02 Å². The van der Waals surface area contributed by atoms with Crippen molar-refractivity contribution in [2.45, 2.75) is 19.4 Å². The summed E-state index contributed by atoms with van der Waals surface area (Å²) in [7, 11) is 0. The second-order valence-electron chi connectivity index (χ2n) is 3.98. The Morgan fingerprint density at radius 1 is 1.42 bits per heavy atom. The summed E-state index contributed by atoms with van der Waals surface area (Å²) in [6, 6.07) is 3.67. The third-order valence-electron chi connectivity index (χ3n) is 2.23. The number of carbonyl (C=O) groups excluding carboxylic acids is 2. The van der Waals surface area contributed by atoms with Crippen LogP contribution in [0.15, 0.2) is 18.2 Å². The first-order chi connectivity index (χ1) is 8.90. The minimum Gasteiger partial charge on any atom is -0.393 e. The summed E-state index contributed by atoms with van der Waals surface area (Å²) in [4.78, 5) is 22.8. The summed E-state index contributed by atoms with van der Waals surface area (Å²) in [5.41, 5.74) is 0.137. The predicted octanol–water partition coefficient (Wildman–Crippen LogP) is 1.30. The molecule has 0 aliphatic heterocycles. The van der Waals surface area contributed by atoms with E-state index in [2.05, 4.69) is 10.6 Å². The molecule has 3 N–H and O–H groups in total. The number of benzene rings is 1. The van der Waals surface area contributed by atoms with Crippen LogP contribution < -0.4 is 10.6 Å². The summed E-state index contributed by atoms with van der Waals surface area (Å²) in [6.45, 7) is 1.75. The van der Waals surface area contributed by atoms with Crippen molar-refractivity contribution in [3.8, 4) is 0 Å². The van der Waals surface area contributed by atoms with Gasteiger partial charge in [-0.2, -0.15) is 0 Å². The van der Waals surface area contributed by atoms with Crippen LogP contribution in [0.3, 0.4) is 0 Å². The van der Waals surface area contributed by atoms with E-state index in [1.54, 1.807) is 6.92 Å². The number of halogens is 2. The van der Waals surface area contributed by atoms with Gasteiger partial charge in [-0.25, -0.2) is 4.39 Å². The fourth-order valence-corrected chi connectivity index (χ4v) is 1.35. The summed E-state index contributed by atoms with van der Waals surface area (Å²) in [5, 5.41) is 13.5. The first kappa shape index (κ1) is 15.4. The number of hydrogen-bond donors (Lipinski definition) is 3. The van der Waals surface area contributed by atoms with E-state index in [0.29, 0.717) is 6.42 Å². The molecule has 0 saturated carbocycles. The van der Waals surface area contributed by atoms with E-state index in [9.17, 15) is 14.0 Å². The number of aliphatic hydroxyl groups is 1. The topological polar surface area (TPSA) is 78.4 Å². The van der Waals surface area contributed by atoms with Crippen molar-refractivity contribution in [3.63, 3.8) is 0 Å². The maximum atomic E-state index is 13.1. The van der Waals surface area contributed by atoms with Crippen molar-refractivity contribution in [2.24, 2.45) is 0 Å². The smallest absolute Gasteiger partial charge is 0.313 e. The molecular weight excluding hydrogens is 275 g/mol. The van der Waals surface area contributed by atoms with Gasteiger partial charge in [0.2, 0.25) is 0 Å². The van der Waals surface area contributed by atoms with Crippen LogP contribution in [0, 0.1) is 5.82 Å². The monoisotopic (exact) mass is 288 g/mol.